The lowest BCUT2D eigenvalue weighted by Gasteiger charge is -1.94. The monoisotopic (exact) mass is 196 g/mol. The van der Waals surface area contributed by atoms with Crippen molar-refractivity contribution in [2.75, 3.05) is 7.11 Å². The topological polar surface area (TPSA) is 64.9 Å². The van der Waals surface area contributed by atoms with E-state index in [4.69, 9.17) is 10.6 Å². The summed E-state index contributed by atoms with van der Waals surface area (Å²) in [5, 5.41) is 5.40. The fraction of sp³-hybridized carbons (Fsp3) is 0.143. The van der Waals surface area contributed by atoms with Gasteiger partial charge in [0.2, 0.25) is 5.88 Å². The van der Waals surface area contributed by atoms with E-state index in [1.54, 1.807) is 7.11 Å². The molecular formula is C7H8N4OS. The number of nitrogens with two attached hydrogens (primary N) is 1. The average molecular weight is 196 g/mol. The Morgan fingerprint density at radius 3 is 3.31 bits per heavy atom. The SMILES string of the molecule is COc1nc2sccn2c1/C=N/N. The lowest BCUT2D eigenvalue weighted by molar-refractivity contribution is 0.400. The Hall–Kier alpha value is -1.56. The second-order valence-corrected chi connectivity index (χ2v) is 3.21. The molecule has 0 spiro atoms. The third kappa shape index (κ3) is 1.15. The van der Waals surface area contributed by atoms with Crippen molar-refractivity contribution in [3.05, 3.63) is 17.3 Å². The van der Waals surface area contributed by atoms with Crippen LogP contribution in [0.3, 0.4) is 0 Å². The Morgan fingerprint density at radius 2 is 2.62 bits per heavy atom. The van der Waals surface area contributed by atoms with Gasteiger partial charge < -0.3 is 10.6 Å². The second kappa shape index (κ2) is 3.06. The number of nitrogens with zero attached hydrogens (tertiary/aromatic N) is 3. The largest absolute Gasteiger partial charge is 0.479 e. The first kappa shape index (κ1) is 8.06. The van der Waals surface area contributed by atoms with Gasteiger partial charge >= 0.3 is 0 Å². The van der Waals surface area contributed by atoms with Crippen LogP contribution in [0.1, 0.15) is 5.69 Å². The highest BCUT2D eigenvalue weighted by atomic mass is 32.1. The van der Waals surface area contributed by atoms with Crippen LogP contribution in [0, 0.1) is 0 Å². The minimum absolute atomic E-state index is 0.543. The molecule has 0 aliphatic rings. The van der Waals surface area contributed by atoms with Crippen molar-refractivity contribution in [2.45, 2.75) is 0 Å². The summed E-state index contributed by atoms with van der Waals surface area (Å²) in [6.07, 6.45) is 3.41. The molecule has 2 heterocycles. The Kier molecular flexibility index (Phi) is 1.90. The molecule has 2 N–H and O–H groups in total. The molecule has 0 unspecified atom stereocenters. The molecule has 0 saturated heterocycles. The van der Waals surface area contributed by atoms with E-state index in [0.717, 1.165) is 10.7 Å². The molecule has 5 nitrogen and oxygen atoms in total. The van der Waals surface area contributed by atoms with E-state index in [0.29, 0.717) is 5.88 Å². The molecule has 2 aromatic rings. The van der Waals surface area contributed by atoms with Gasteiger partial charge in [-0.25, -0.2) is 0 Å². The number of rotatable bonds is 2. The third-order valence-electron chi connectivity index (χ3n) is 1.66. The van der Waals surface area contributed by atoms with E-state index >= 15 is 0 Å². The van der Waals surface area contributed by atoms with Gasteiger partial charge in [-0.3, -0.25) is 4.40 Å². The summed E-state index contributed by atoms with van der Waals surface area (Å²) >= 11 is 1.53. The van der Waals surface area contributed by atoms with Crippen LogP contribution < -0.4 is 10.6 Å². The third-order valence-corrected chi connectivity index (χ3v) is 2.41. The summed E-state index contributed by atoms with van der Waals surface area (Å²) in [5.41, 5.74) is 0.765. The van der Waals surface area contributed by atoms with Crippen LogP contribution in [0.5, 0.6) is 5.88 Å². The maximum absolute atomic E-state index is 5.08. The van der Waals surface area contributed by atoms with E-state index < -0.39 is 0 Å². The first-order chi connectivity index (χ1) is 6.36. The predicted octanol–water partition coefficient (Wildman–Crippen LogP) is 0.697. The lowest BCUT2D eigenvalue weighted by Crippen LogP contribution is -1.94. The van der Waals surface area contributed by atoms with E-state index in [1.807, 2.05) is 16.0 Å². The molecule has 0 bridgehead atoms. The van der Waals surface area contributed by atoms with Gasteiger partial charge in [0.25, 0.3) is 0 Å². The Labute approximate surface area is 78.5 Å². The number of fused-ring (bicyclic) bond motifs is 1. The average Bonchev–Trinajstić information content (AvgIpc) is 2.67. The van der Waals surface area contributed by atoms with Crippen LogP contribution in [0.15, 0.2) is 16.7 Å². The number of imidazole rings is 1. The number of hydrogen-bond donors (Lipinski definition) is 1. The molecule has 0 fully saturated rings. The fourth-order valence-electron chi connectivity index (χ4n) is 1.12. The van der Waals surface area contributed by atoms with Crippen LogP contribution in [0.2, 0.25) is 0 Å². The van der Waals surface area contributed by atoms with Gasteiger partial charge in [-0.1, -0.05) is 0 Å². The highest BCUT2D eigenvalue weighted by Gasteiger charge is 2.10. The summed E-state index contributed by atoms with van der Waals surface area (Å²) in [6.45, 7) is 0. The normalized spacial score (nSPS) is 11.5. The van der Waals surface area contributed by atoms with Crippen LogP contribution >= 0.6 is 11.3 Å². The van der Waals surface area contributed by atoms with E-state index in [9.17, 15) is 0 Å². The zero-order valence-electron chi connectivity index (χ0n) is 6.97. The number of ether oxygens (including phenoxy) is 1. The van der Waals surface area contributed by atoms with Crippen LogP contribution in [-0.2, 0) is 0 Å². The molecule has 0 aromatic carbocycles. The fourth-order valence-corrected chi connectivity index (χ4v) is 1.83. The van der Waals surface area contributed by atoms with Crippen molar-refractivity contribution in [1.82, 2.24) is 9.38 Å². The highest BCUT2D eigenvalue weighted by molar-refractivity contribution is 7.15. The maximum Gasteiger partial charge on any atom is 0.242 e. The molecular weight excluding hydrogens is 188 g/mol. The Bertz CT molecular complexity index is 444. The number of aromatic nitrogens is 2. The van der Waals surface area contributed by atoms with Gasteiger partial charge in [-0.2, -0.15) is 10.1 Å². The summed E-state index contributed by atoms with van der Waals surface area (Å²) in [5.74, 6) is 5.62. The molecule has 0 atom stereocenters. The standard InChI is InChI=1S/C7H8N4OS/c1-12-6-5(4-9-8)11-2-3-13-7(11)10-6/h2-4H,8H2,1H3/b9-4+. The Morgan fingerprint density at radius 1 is 1.77 bits per heavy atom. The summed E-state index contributed by atoms with van der Waals surface area (Å²) < 4.78 is 6.94. The van der Waals surface area contributed by atoms with Crippen molar-refractivity contribution in [1.29, 1.82) is 0 Å². The Balaban J connectivity index is 2.69. The molecule has 0 saturated carbocycles. The van der Waals surface area contributed by atoms with Crippen LogP contribution in [-0.4, -0.2) is 22.7 Å². The van der Waals surface area contributed by atoms with Gasteiger partial charge in [-0.15, -0.1) is 11.3 Å². The van der Waals surface area contributed by atoms with Crippen molar-refractivity contribution < 1.29 is 4.74 Å². The summed E-state index contributed by atoms with van der Waals surface area (Å²) in [6, 6.07) is 0. The lowest BCUT2D eigenvalue weighted by atomic mass is 10.5. The first-order valence-electron chi connectivity index (χ1n) is 3.59. The summed E-state index contributed by atoms with van der Waals surface area (Å²) in [7, 11) is 1.57. The molecule has 13 heavy (non-hydrogen) atoms. The van der Waals surface area contributed by atoms with Crippen molar-refractivity contribution in [3.8, 4) is 5.88 Å². The number of hydrazone groups is 1. The molecule has 6 heteroatoms. The molecule has 0 radical (unpaired) electrons. The zero-order valence-corrected chi connectivity index (χ0v) is 7.78. The number of methoxy groups -OCH3 is 1. The van der Waals surface area contributed by atoms with Crippen molar-refractivity contribution in [3.63, 3.8) is 0 Å². The van der Waals surface area contributed by atoms with Gasteiger partial charge in [0.1, 0.15) is 5.69 Å². The van der Waals surface area contributed by atoms with E-state index in [2.05, 4.69) is 10.1 Å². The first-order valence-corrected chi connectivity index (χ1v) is 4.47. The van der Waals surface area contributed by atoms with Gasteiger partial charge in [0.05, 0.1) is 13.3 Å². The minimum Gasteiger partial charge on any atom is -0.479 e. The molecule has 0 aliphatic carbocycles. The smallest absolute Gasteiger partial charge is 0.242 e. The predicted molar refractivity (Wildman–Crippen MR) is 51.4 cm³/mol. The molecule has 2 aromatic heterocycles. The quantitative estimate of drug-likeness (QED) is 0.437. The van der Waals surface area contributed by atoms with Crippen molar-refractivity contribution in [2.24, 2.45) is 10.9 Å². The molecule has 68 valence electrons. The van der Waals surface area contributed by atoms with Gasteiger partial charge in [-0.05, 0) is 0 Å². The molecule has 0 aliphatic heterocycles. The number of thiazole rings is 1. The van der Waals surface area contributed by atoms with Gasteiger partial charge in [0, 0.05) is 11.6 Å². The van der Waals surface area contributed by atoms with Gasteiger partial charge in [0.15, 0.2) is 4.96 Å². The van der Waals surface area contributed by atoms with Crippen molar-refractivity contribution >= 4 is 22.5 Å². The second-order valence-electron chi connectivity index (χ2n) is 2.34. The van der Waals surface area contributed by atoms with Crippen LogP contribution in [0.25, 0.3) is 4.96 Å². The summed E-state index contributed by atoms with van der Waals surface area (Å²) in [4.78, 5) is 5.09. The molecule has 0 amide bonds. The number of hydrogen-bond acceptors (Lipinski definition) is 5. The molecule has 2 rings (SSSR count). The van der Waals surface area contributed by atoms with E-state index in [-0.39, 0.29) is 0 Å². The maximum atomic E-state index is 5.08. The van der Waals surface area contributed by atoms with Crippen LogP contribution in [0.4, 0.5) is 0 Å². The highest BCUT2D eigenvalue weighted by Crippen LogP contribution is 2.21. The zero-order chi connectivity index (χ0) is 9.26. The van der Waals surface area contributed by atoms with E-state index in [1.165, 1.54) is 17.6 Å². The minimum atomic E-state index is 0.543.